The minimum atomic E-state index is -1.67. The molecule has 0 fully saturated rings. The molecule has 2 aromatic carbocycles. The molecule has 0 bridgehead atoms. The first-order valence-corrected chi connectivity index (χ1v) is 10.1. The van der Waals surface area contributed by atoms with E-state index < -0.39 is 40.1 Å². The van der Waals surface area contributed by atoms with Crippen molar-refractivity contribution in [2.45, 2.75) is 17.1 Å². The monoisotopic (exact) mass is 467 g/mol. The summed E-state index contributed by atoms with van der Waals surface area (Å²) in [5, 5.41) is 1.37. The van der Waals surface area contributed by atoms with E-state index in [4.69, 9.17) is 11.6 Å². The third-order valence-corrected chi connectivity index (χ3v) is 5.41. The lowest BCUT2D eigenvalue weighted by Crippen LogP contribution is -2.24. The van der Waals surface area contributed by atoms with Crippen molar-refractivity contribution >= 4 is 46.9 Å². The SMILES string of the molecule is C[C@@H](Sc1cccc(N=Cc2cccnc2Cl)c1)C(=O)Nc1c(F)c(F)cc(F)c1F. The predicted octanol–water partition coefficient (Wildman–Crippen LogP) is 6.16. The van der Waals surface area contributed by atoms with E-state index in [0.717, 1.165) is 11.8 Å². The average molecular weight is 468 g/mol. The first-order valence-electron chi connectivity index (χ1n) is 8.81. The van der Waals surface area contributed by atoms with Gasteiger partial charge in [0.15, 0.2) is 23.3 Å². The molecule has 0 unspecified atom stereocenters. The van der Waals surface area contributed by atoms with Gasteiger partial charge in [0.2, 0.25) is 5.91 Å². The lowest BCUT2D eigenvalue weighted by Gasteiger charge is -2.14. The summed E-state index contributed by atoms with van der Waals surface area (Å²) >= 11 is 7.06. The van der Waals surface area contributed by atoms with E-state index in [1.807, 2.05) is 5.32 Å². The molecule has 0 aliphatic carbocycles. The van der Waals surface area contributed by atoms with Gasteiger partial charge in [0, 0.05) is 28.9 Å². The molecule has 0 saturated carbocycles. The summed E-state index contributed by atoms with van der Waals surface area (Å²) in [4.78, 5) is 21.2. The highest BCUT2D eigenvalue weighted by atomic mass is 35.5. The van der Waals surface area contributed by atoms with Gasteiger partial charge in [-0.25, -0.2) is 22.5 Å². The molecule has 1 heterocycles. The number of nitrogens with one attached hydrogen (secondary N) is 1. The van der Waals surface area contributed by atoms with E-state index in [1.165, 1.54) is 6.92 Å². The maximum atomic E-state index is 13.8. The molecule has 3 rings (SSSR count). The highest BCUT2D eigenvalue weighted by Crippen LogP contribution is 2.29. The van der Waals surface area contributed by atoms with Crippen LogP contribution in [0.1, 0.15) is 12.5 Å². The molecule has 0 aliphatic heterocycles. The molecule has 1 aromatic heterocycles. The van der Waals surface area contributed by atoms with Crippen LogP contribution in [0.15, 0.2) is 58.5 Å². The third-order valence-electron chi connectivity index (χ3n) is 4.00. The number of amides is 1. The van der Waals surface area contributed by atoms with E-state index in [0.29, 0.717) is 21.3 Å². The first kappa shape index (κ1) is 22.8. The van der Waals surface area contributed by atoms with Gasteiger partial charge in [-0.15, -0.1) is 11.8 Å². The van der Waals surface area contributed by atoms with Crippen LogP contribution in [0.25, 0.3) is 0 Å². The zero-order chi connectivity index (χ0) is 22.5. The lowest BCUT2D eigenvalue weighted by molar-refractivity contribution is -0.115. The van der Waals surface area contributed by atoms with Crippen LogP contribution >= 0.6 is 23.4 Å². The van der Waals surface area contributed by atoms with Gasteiger partial charge in [0.25, 0.3) is 0 Å². The Morgan fingerprint density at radius 2 is 1.84 bits per heavy atom. The molecular formula is C21H14ClF4N3OS. The fourth-order valence-corrected chi connectivity index (χ4v) is 3.53. The Hall–Kier alpha value is -2.91. The minimum Gasteiger partial charge on any atom is -0.320 e. The zero-order valence-corrected chi connectivity index (χ0v) is 17.4. The van der Waals surface area contributed by atoms with Crippen LogP contribution in [-0.4, -0.2) is 22.4 Å². The van der Waals surface area contributed by atoms with Crippen molar-refractivity contribution in [1.29, 1.82) is 0 Å². The van der Waals surface area contributed by atoms with E-state index in [2.05, 4.69) is 9.98 Å². The topological polar surface area (TPSA) is 54.4 Å². The van der Waals surface area contributed by atoms with Crippen molar-refractivity contribution in [3.63, 3.8) is 0 Å². The number of thioether (sulfide) groups is 1. The van der Waals surface area contributed by atoms with E-state index in [9.17, 15) is 22.4 Å². The maximum absolute atomic E-state index is 13.8. The Balaban J connectivity index is 1.71. The molecule has 1 amide bonds. The van der Waals surface area contributed by atoms with E-state index in [-0.39, 0.29) is 6.07 Å². The van der Waals surface area contributed by atoms with Gasteiger partial charge in [0.1, 0.15) is 10.8 Å². The van der Waals surface area contributed by atoms with Gasteiger partial charge in [-0.2, -0.15) is 0 Å². The first-order chi connectivity index (χ1) is 14.8. The quantitative estimate of drug-likeness (QED) is 0.155. The van der Waals surface area contributed by atoms with Crippen molar-refractivity contribution in [3.05, 3.63) is 82.6 Å². The van der Waals surface area contributed by atoms with Crippen LogP contribution < -0.4 is 5.32 Å². The Morgan fingerprint density at radius 1 is 1.13 bits per heavy atom. The fourth-order valence-electron chi connectivity index (χ4n) is 2.44. The van der Waals surface area contributed by atoms with Gasteiger partial charge in [-0.3, -0.25) is 9.79 Å². The van der Waals surface area contributed by atoms with Crippen molar-refractivity contribution in [3.8, 4) is 0 Å². The average Bonchev–Trinajstić information content (AvgIpc) is 2.75. The number of pyridine rings is 1. The lowest BCUT2D eigenvalue weighted by atomic mass is 10.2. The Labute approximate surface area is 184 Å². The van der Waals surface area contributed by atoms with Crippen molar-refractivity contribution in [2.75, 3.05) is 5.32 Å². The summed E-state index contributed by atoms with van der Waals surface area (Å²) in [7, 11) is 0. The number of carbonyl (C=O) groups is 1. The number of nitrogens with zero attached hydrogens (tertiary/aromatic N) is 2. The van der Waals surface area contributed by atoms with E-state index >= 15 is 0 Å². The molecule has 3 aromatic rings. The number of halogens is 5. The van der Waals surface area contributed by atoms with Crippen molar-refractivity contribution in [2.24, 2.45) is 4.99 Å². The second kappa shape index (κ2) is 9.93. The van der Waals surface area contributed by atoms with Crippen molar-refractivity contribution in [1.82, 2.24) is 4.98 Å². The fraction of sp³-hybridized carbons (Fsp3) is 0.0952. The zero-order valence-electron chi connectivity index (χ0n) is 15.9. The number of aliphatic imine (C=N–C) groups is 1. The van der Waals surface area contributed by atoms with Crippen LogP contribution in [-0.2, 0) is 4.79 Å². The number of carbonyl (C=O) groups excluding carboxylic acids is 1. The number of aromatic nitrogens is 1. The standard InChI is InChI=1S/C21H14ClF4N3OS/c1-11(21(30)29-19-17(25)15(23)9-16(24)18(19)26)31-14-6-2-5-13(8-14)28-10-12-4-3-7-27-20(12)22/h2-11H,1H3,(H,29,30)/t11-/m1/s1. The van der Waals surface area contributed by atoms with Gasteiger partial charge >= 0.3 is 0 Å². The maximum Gasteiger partial charge on any atom is 0.237 e. The molecule has 4 nitrogen and oxygen atoms in total. The highest BCUT2D eigenvalue weighted by molar-refractivity contribution is 8.00. The summed E-state index contributed by atoms with van der Waals surface area (Å²) in [6, 6.07) is 10.4. The second-order valence-corrected chi connectivity index (χ2v) is 8.00. The molecule has 0 aliphatic rings. The molecule has 0 spiro atoms. The summed E-state index contributed by atoms with van der Waals surface area (Å²) in [5.41, 5.74) is 0.0322. The third kappa shape index (κ3) is 5.62. The number of hydrogen-bond donors (Lipinski definition) is 1. The van der Waals surface area contributed by atoms with Crippen LogP contribution in [0.2, 0.25) is 5.15 Å². The largest absolute Gasteiger partial charge is 0.320 e. The van der Waals surface area contributed by atoms with Crippen LogP contribution in [0.4, 0.5) is 28.9 Å². The molecule has 1 N–H and O–H groups in total. The normalized spacial score (nSPS) is 12.2. The number of rotatable bonds is 6. The van der Waals surface area contributed by atoms with Crippen LogP contribution in [0.3, 0.4) is 0 Å². The molecular weight excluding hydrogens is 454 g/mol. The summed E-state index contributed by atoms with van der Waals surface area (Å²) < 4.78 is 54.2. The Kier molecular flexibility index (Phi) is 7.29. The van der Waals surface area contributed by atoms with Gasteiger partial charge in [-0.1, -0.05) is 17.7 Å². The molecule has 160 valence electrons. The Bertz CT molecular complexity index is 1130. The van der Waals surface area contributed by atoms with Crippen LogP contribution in [0.5, 0.6) is 0 Å². The molecule has 0 saturated heterocycles. The number of anilines is 1. The summed E-state index contributed by atoms with van der Waals surface area (Å²) in [6.07, 6.45) is 3.10. The molecule has 10 heteroatoms. The predicted molar refractivity (Wildman–Crippen MR) is 113 cm³/mol. The van der Waals surface area contributed by atoms with Crippen molar-refractivity contribution < 1.29 is 22.4 Å². The van der Waals surface area contributed by atoms with Gasteiger partial charge in [-0.05, 0) is 37.3 Å². The summed E-state index contributed by atoms with van der Waals surface area (Å²) in [6.45, 7) is 1.48. The smallest absolute Gasteiger partial charge is 0.237 e. The van der Waals surface area contributed by atoms with Gasteiger partial charge < -0.3 is 5.32 Å². The Morgan fingerprint density at radius 3 is 2.52 bits per heavy atom. The molecule has 31 heavy (non-hydrogen) atoms. The van der Waals surface area contributed by atoms with E-state index in [1.54, 1.807) is 48.8 Å². The minimum absolute atomic E-state index is 0.0726. The summed E-state index contributed by atoms with van der Waals surface area (Å²) in [5.74, 6) is -7.38. The number of hydrogen-bond acceptors (Lipinski definition) is 4. The van der Waals surface area contributed by atoms with Crippen LogP contribution in [0, 0.1) is 23.3 Å². The molecule has 1 atom stereocenters. The number of benzene rings is 2. The highest BCUT2D eigenvalue weighted by Gasteiger charge is 2.23. The second-order valence-electron chi connectivity index (χ2n) is 6.23. The molecule has 0 radical (unpaired) electrons. The van der Waals surface area contributed by atoms with Gasteiger partial charge in [0.05, 0.1) is 10.9 Å².